The minimum Gasteiger partial charge on any atom is -0.481 e. The van der Waals surface area contributed by atoms with Crippen LogP contribution in [0.15, 0.2) is 30.3 Å². The molecule has 0 saturated heterocycles. The predicted molar refractivity (Wildman–Crippen MR) is 61.5 cm³/mol. The van der Waals surface area contributed by atoms with Crippen LogP contribution in [0, 0.1) is 5.92 Å². The van der Waals surface area contributed by atoms with Crippen molar-refractivity contribution < 1.29 is 28.2 Å². The van der Waals surface area contributed by atoms with Crippen LogP contribution in [0.3, 0.4) is 0 Å². The summed E-state index contributed by atoms with van der Waals surface area (Å²) in [6, 6.07) is 8.38. The molecule has 0 aliphatic carbocycles. The summed E-state index contributed by atoms with van der Waals surface area (Å²) in [5.74, 6) is -4.41. The Labute approximate surface area is 107 Å². The number of aliphatic hydroxyl groups is 1. The predicted octanol–water partition coefficient (Wildman–Crippen LogP) is 1.57. The van der Waals surface area contributed by atoms with Gasteiger partial charge in [-0.1, -0.05) is 30.3 Å². The van der Waals surface area contributed by atoms with E-state index in [1.807, 2.05) is 0 Å². The first-order valence-corrected chi connectivity index (χ1v) is 5.55. The summed E-state index contributed by atoms with van der Waals surface area (Å²) >= 11 is 0. The molecule has 3 N–H and O–H groups in total. The highest BCUT2D eigenvalue weighted by molar-refractivity contribution is 5.71. The fraction of sp³-hybridized carbons (Fsp3) is 0.417. The molecule has 2 atom stereocenters. The number of hydrogen-bond acceptors (Lipinski definition) is 3. The summed E-state index contributed by atoms with van der Waals surface area (Å²) in [7, 11) is 0. The molecule has 19 heavy (non-hydrogen) atoms. The third-order valence-corrected chi connectivity index (χ3v) is 2.56. The number of aliphatic carboxylic acids is 1. The average Bonchev–Trinajstić information content (AvgIpc) is 2.33. The Balaban J connectivity index is 2.47. The lowest BCUT2D eigenvalue weighted by atomic mass is 10.1. The lowest BCUT2D eigenvalue weighted by molar-refractivity contribution is -0.192. The van der Waals surface area contributed by atoms with Gasteiger partial charge in [-0.3, -0.25) is 4.79 Å². The number of carboxylic acid groups (broad SMARTS) is 1. The molecule has 0 amide bonds. The maximum atomic E-state index is 12.3. The lowest BCUT2D eigenvalue weighted by Gasteiger charge is -2.18. The lowest BCUT2D eigenvalue weighted by Crippen LogP contribution is -2.40. The van der Waals surface area contributed by atoms with Gasteiger partial charge in [-0.05, 0) is 5.56 Å². The first kappa shape index (κ1) is 15.5. The molecular formula is C12H14F3NO3. The SMILES string of the molecule is O=C(O)C(CNCC(O)c1ccccc1)C(F)(F)F. The first-order chi connectivity index (χ1) is 8.82. The molecule has 0 aliphatic heterocycles. The molecule has 1 aromatic rings. The summed E-state index contributed by atoms with van der Waals surface area (Å²) < 4.78 is 37.0. The standard InChI is InChI=1S/C12H14F3NO3/c13-12(14,15)9(11(18)19)6-16-7-10(17)8-4-2-1-3-5-8/h1-5,9-10,16-17H,6-7H2,(H,18,19). The zero-order valence-electron chi connectivity index (χ0n) is 9.89. The van der Waals surface area contributed by atoms with Gasteiger partial charge in [-0.25, -0.2) is 0 Å². The number of rotatable bonds is 6. The fourth-order valence-electron chi connectivity index (χ4n) is 1.50. The van der Waals surface area contributed by atoms with Crippen LogP contribution in [-0.2, 0) is 4.79 Å². The van der Waals surface area contributed by atoms with Crippen LogP contribution in [0.2, 0.25) is 0 Å². The van der Waals surface area contributed by atoms with E-state index in [2.05, 4.69) is 5.32 Å². The number of carbonyl (C=O) groups is 1. The van der Waals surface area contributed by atoms with Gasteiger partial charge in [0, 0.05) is 13.1 Å². The Morgan fingerprint density at radius 1 is 1.21 bits per heavy atom. The molecular weight excluding hydrogens is 263 g/mol. The molecule has 0 aliphatic rings. The molecule has 0 saturated carbocycles. The number of alkyl halides is 3. The molecule has 2 unspecified atom stereocenters. The topological polar surface area (TPSA) is 69.6 Å². The van der Waals surface area contributed by atoms with Crippen molar-refractivity contribution in [2.24, 2.45) is 5.92 Å². The van der Waals surface area contributed by atoms with E-state index in [1.54, 1.807) is 30.3 Å². The van der Waals surface area contributed by atoms with Gasteiger partial charge in [0.15, 0.2) is 5.92 Å². The highest BCUT2D eigenvalue weighted by atomic mass is 19.4. The van der Waals surface area contributed by atoms with Gasteiger partial charge >= 0.3 is 12.1 Å². The van der Waals surface area contributed by atoms with Crippen LogP contribution in [0.4, 0.5) is 13.2 Å². The van der Waals surface area contributed by atoms with Crippen molar-refractivity contribution in [1.82, 2.24) is 5.32 Å². The maximum absolute atomic E-state index is 12.3. The average molecular weight is 277 g/mol. The Morgan fingerprint density at radius 3 is 2.26 bits per heavy atom. The highest BCUT2D eigenvalue weighted by Crippen LogP contribution is 2.25. The van der Waals surface area contributed by atoms with E-state index in [9.17, 15) is 23.1 Å². The van der Waals surface area contributed by atoms with Crippen LogP contribution < -0.4 is 5.32 Å². The smallest absolute Gasteiger partial charge is 0.403 e. The Kier molecular flexibility index (Phi) is 5.31. The van der Waals surface area contributed by atoms with Crippen molar-refractivity contribution in [2.75, 3.05) is 13.1 Å². The minimum absolute atomic E-state index is 0.149. The number of carboxylic acids is 1. The summed E-state index contributed by atoms with van der Waals surface area (Å²) in [6.07, 6.45) is -5.79. The Hall–Kier alpha value is -1.60. The Morgan fingerprint density at radius 2 is 1.79 bits per heavy atom. The van der Waals surface area contributed by atoms with Crippen LogP contribution >= 0.6 is 0 Å². The molecule has 0 spiro atoms. The van der Waals surface area contributed by atoms with Gasteiger partial charge in [0.25, 0.3) is 0 Å². The van der Waals surface area contributed by atoms with Gasteiger partial charge in [-0.15, -0.1) is 0 Å². The number of nitrogens with one attached hydrogen (secondary N) is 1. The van der Waals surface area contributed by atoms with Crippen molar-refractivity contribution in [3.05, 3.63) is 35.9 Å². The highest BCUT2D eigenvalue weighted by Gasteiger charge is 2.44. The van der Waals surface area contributed by atoms with Crippen molar-refractivity contribution in [2.45, 2.75) is 12.3 Å². The molecule has 0 fully saturated rings. The van der Waals surface area contributed by atoms with Gasteiger partial charge in [0.2, 0.25) is 0 Å². The third kappa shape index (κ3) is 4.88. The molecule has 106 valence electrons. The second kappa shape index (κ2) is 6.53. The quantitative estimate of drug-likeness (QED) is 0.738. The van der Waals surface area contributed by atoms with Crippen LogP contribution in [-0.4, -0.2) is 35.4 Å². The van der Waals surface area contributed by atoms with E-state index in [-0.39, 0.29) is 6.54 Å². The molecule has 4 nitrogen and oxygen atoms in total. The van der Waals surface area contributed by atoms with E-state index in [4.69, 9.17) is 5.11 Å². The van der Waals surface area contributed by atoms with Crippen LogP contribution in [0.5, 0.6) is 0 Å². The maximum Gasteiger partial charge on any atom is 0.403 e. The second-order valence-corrected chi connectivity index (χ2v) is 4.02. The van der Waals surface area contributed by atoms with Crippen molar-refractivity contribution in [1.29, 1.82) is 0 Å². The van der Waals surface area contributed by atoms with Gasteiger partial charge in [0.05, 0.1) is 6.10 Å². The zero-order valence-corrected chi connectivity index (χ0v) is 9.89. The summed E-state index contributed by atoms with van der Waals surface area (Å²) in [6.45, 7) is -0.924. The molecule has 0 radical (unpaired) electrons. The summed E-state index contributed by atoms with van der Waals surface area (Å²) in [4.78, 5) is 10.5. The minimum atomic E-state index is -4.81. The summed E-state index contributed by atoms with van der Waals surface area (Å²) in [5, 5.41) is 20.5. The largest absolute Gasteiger partial charge is 0.481 e. The molecule has 0 bridgehead atoms. The van der Waals surface area contributed by atoms with E-state index in [0.29, 0.717) is 5.56 Å². The van der Waals surface area contributed by atoms with Gasteiger partial charge in [0.1, 0.15) is 0 Å². The van der Waals surface area contributed by atoms with E-state index < -0.39 is 30.7 Å². The number of hydrogen-bond donors (Lipinski definition) is 3. The van der Waals surface area contributed by atoms with Gasteiger partial charge < -0.3 is 15.5 Å². The van der Waals surface area contributed by atoms with E-state index >= 15 is 0 Å². The van der Waals surface area contributed by atoms with Crippen molar-refractivity contribution >= 4 is 5.97 Å². The molecule has 1 aromatic carbocycles. The Bertz CT molecular complexity index is 408. The number of aliphatic hydroxyl groups excluding tert-OH is 1. The number of benzene rings is 1. The normalized spacial score (nSPS) is 14.9. The fourth-order valence-corrected chi connectivity index (χ4v) is 1.50. The summed E-state index contributed by atoms with van der Waals surface area (Å²) in [5.41, 5.74) is 0.550. The zero-order chi connectivity index (χ0) is 14.5. The van der Waals surface area contributed by atoms with Gasteiger partial charge in [-0.2, -0.15) is 13.2 Å². The van der Waals surface area contributed by atoms with Crippen LogP contribution in [0.1, 0.15) is 11.7 Å². The second-order valence-electron chi connectivity index (χ2n) is 4.02. The third-order valence-electron chi connectivity index (χ3n) is 2.56. The first-order valence-electron chi connectivity index (χ1n) is 5.55. The molecule has 7 heteroatoms. The number of halogens is 3. The van der Waals surface area contributed by atoms with Crippen molar-refractivity contribution in [3.63, 3.8) is 0 Å². The molecule has 1 rings (SSSR count). The van der Waals surface area contributed by atoms with E-state index in [1.165, 1.54) is 0 Å². The van der Waals surface area contributed by atoms with E-state index in [0.717, 1.165) is 0 Å². The van der Waals surface area contributed by atoms with Crippen LogP contribution in [0.25, 0.3) is 0 Å². The molecule has 0 heterocycles. The molecule has 0 aromatic heterocycles. The van der Waals surface area contributed by atoms with Crippen molar-refractivity contribution in [3.8, 4) is 0 Å². The monoisotopic (exact) mass is 277 g/mol.